The lowest BCUT2D eigenvalue weighted by atomic mass is 9.99. The Morgan fingerprint density at radius 3 is 1.84 bits per heavy atom. The lowest BCUT2D eigenvalue weighted by Gasteiger charge is -2.24. The van der Waals surface area contributed by atoms with Gasteiger partial charge in [-0.1, -0.05) is 47.5 Å². The van der Waals surface area contributed by atoms with Crippen LogP contribution in [0.25, 0.3) is 0 Å². The van der Waals surface area contributed by atoms with Crippen LogP contribution in [-0.2, 0) is 9.59 Å². The number of nitrogens with zero attached hydrogens (tertiary/aromatic N) is 3. The molecule has 0 bridgehead atoms. The first kappa shape index (κ1) is 31.8. The zero-order valence-corrected chi connectivity index (χ0v) is 24.5. The Bertz CT molecular complexity index is 1860. The highest BCUT2D eigenvalue weighted by Crippen LogP contribution is 2.32. The van der Waals surface area contributed by atoms with Crippen molar-refractivity contribution in [1.29, 1.82) is 0 Å². The van der Waals surface area contributed by atoms with Crippen LogP contribution >= 0.6 is 23.2 Å². The quantitative estimate of drug-likeness (QED) is 0.232. The molecule has 0 aliphatic carbocycles. The van der Waals surface area contributed by atoms with Crippen LogP contribution in [0.2, 0.25) is 10.0 Å². The summed E-state index contributed by atoms with van der Waals surface area (Å²) < 4.78 is 66.8. The summed E-state index contributed by atoms with van der Waals surface area (Å²) in [6.07, 6.45) is -4.59. The predicted molar refractivity (Wildman–Crippen MR) is 164 cm³/mol. The van der Waals surface area contributed by atoms with E-state index in [1.807, 2.05) is 0 Å². The number of alkyl halides is 3. The van der Waals surface area contributed by atoms with Crippen LogP contribution in [0.5, 0.6) is 0 Å². The molecule has 1 N–H and O–H groups in total. The summed E-state index contributed by atoms with van der Waals surface area (Å²) in [6.45, 7) is -2.03. The molecule has 0 spiro atoms. The number of amides is 2. The van der Waals surface area contributed by atoms with Crippen LogP contribution in [0.15, 0.2) is 94.9 Å². The normalized spacial score (nSPS) is 14.5. The van der Waals surface area contributed by atoms with E-state index in [1.54, 1.807) is 42.5 Å². The number of benzene rings is 4. The molecule has 13 heteroatoms. The van der Waals surface area contributed by atoms with Gasteiger partial charge in [-0.25, -0.2) is 8.78 Å². The molecule has 4 aromatic carbocycles. The summed E-state index contributed by atoms with van der Waals surface area (Å²) in [5.41, 5.74) is 2.33. The van der Waals surface area contributed by atoms with Gasteiger partial charge in [-0.2, -0.15) is 13.2 Å². The number of aliphatic imine (C=N–C) groups is 2. The van der Waals surface area contributed by atoms with Gasteiger partial charge in [0.2, 0.25) is 11.8 Å². The number of hydrogen-bond acceptors (Lipinski definition) is 4. The van der Waals surface area contributed by atoms with Crippen molar-refractivity contribution in [2.24, 2.45) is 9.98 Å². The van der Waals surface area contributed by atoms with E-state index in [0.29, 0.717) is 32.4 Å². The largest absolute Gasteiger partial charge is 0.406 e. The Morgan fingerprint density at radius 1 is 0.711 bits per heavy atom. The van der Waals surface area contributed by atoms with E-state index in [1.165, 1.54) is 42.5 Å². The molecule has 2 aliphatic heterocycles. The highest BCUT2D eigenvalue weighted by Gasteiger charge is 2.36. The smallest absolute Gasteiger partial charge is 0.324 e. The molecule has 4 aromatic rings. The van der Waals surface area contributed by atoms with Gasteiger partial charge in [0, 0.05) is 32.3 Å². The first-order chi connectivity index (χ1) is 21.4. The van der Waals surface area contributed by atoms with Crippen LogP contribution in [-0.4, -0.2) is 49.0 Å². The predicted octanol–water partition coefficient (Wildman–Crippen LogP) is 7.49. The average Bonchev–Trinajstić information content (AvgIpc) is 3.22. The molecule has 0 radical (unpaired) electrons. The Kier molecular flexibility index (Phi) is 9.31. The molecule has 0 unspecified atom stereocenters. The third kappa shape index (κ3) is 7.38. The van der Waals surface area contributed by atoms with Gasteiger partial charge in [0.15, 0.2) is 0 Å². The maximum atomic E-state index is 14.2. The zero-order valence-electron chi connectivity index (χ0n) is 23.0. The Labute approximate surface area is 263 Å². The molecular formula is C32H21Cl2F5N4O2. The van der Waals surface area contributed by atoms with Gasteiger partial charge >= 0.3 is 6.18 Å². The number of benzodiazepines with no additional fused rings is 2. The molecule has 0 saturated carbocycles. The second kappa shape index (κ2) is 13.2. The summed E-state index contributed by atoms with van der Waals surface area (Å²) in [5.74, 6) is -2.04. The SMILES string of the molecule is O=C1CN=C(c2ccccc2F)c2cc(Cl)ccc2N1.O=C1CN=C(c2ccccc2F)c2cc(Cl)ccc2N1CC(F)(F)F. The van der Waals surface area contributed by atoms with E-state index in [9.17, 15) is 31.5 Å². The average molecular weight is 659 g/mol. The maximum absolute atomic E-state index is 14.2. The Balaban J connectivity index is 0.000000182. The van der Waals surface area contributed by atoms with Gasteiger partial charge in [0.25, 0.3) is 0 Å². The number of carbonyl (C=O) groups excluding carboxylic acids is 2. The third-order valence-corrected chi connectivity index (χ3v) is 7.14. The number of nitrogens with one attached hydrogen (secondary N) is 1. The highest BCUT2D eigenvalue weighted by molar-refractivity contribution is 6.32. The van der Waals surface area contributed by atoms with E-state index in [4.69, 9.17) is 23.2 Å². The zero-order chi connectivity index (χ0) is 32.3. The number of halogens is 7. The lowest BCUT2D eigenvalue weighted by Crippen LogP contribution is -2.40. The van der Waals surface area contributed by atoms with E-state index < -0.39 is 31.0 Å². The molecule has 0 fully saturated rings. The van der Waals surface area contributed by atoms with Crippen LogP contribution in [0, 0.1) is 11.6 Å². The van der Waals surface area contributed by atoms with Gasteiger partial charge in [-0.15, -0.1) is 0 Å². The van der Waals surface area contributed by atoms with E-state index in [0.717, 1.165) is 0 Å². The number of rotatable bonds is 3. The minimum absolute atomic E-state index is 0.00812. The fourth-order valence-electron chi connectivity index (χ4n) is 4.75. The minimum Gasteiger partial charge on any atom is -0.324 e. The number of anilines is 2. The van der Waals surface area contributed by atoms with Crippen LogP contribution in [0.4, 0.5) is 33.3 Å². The van der Waals surface area contributed by atoms with Gasteiger partial charge in [0.05, 0.1) is 22.8 Å². The van der Waals surface area contributed by atoms with Gasteiger partial charge in [-0.05, 0) is 60.7 Å². The van der Waals surface area contributed by atoms with Gasteiger partial charge in [-0.3, -0.25) is 19.6 Å². The van der Waals surface area contributed by atoms with E-state index >= 15 is 0 Å². The van der Waals surface area contributed by atoms with Crippen LogP contribution in [0.3, 0.4) is 0 Å². The molecule has 0 atom stereocenters. The first-order valence-electron chi connectivity index (χ1n) is 13.3. The summed E-state index contributed by atoms with van der Waals surface area (Å²) in [6, 6.07) is 21.2. The summed E-state index contributed by atoms with van der Waals surface area (Å²) >= 11 is 12.0. The van der Waals surface area contributed by atoms with E-state index in [-0.39, 0.29) is 45.8 Å². The molecule has 0 saturated heterocycles. The van der Waals surface area contributed by atoms with Crippen molar-refractivity contribution in [3.05, 3.63) is 129 Å². The fourth-order valence-corrected chi connectivity index (χ4v) is 5.10. The molecule has 6 rings (SSSR count). The van der Waals surface area contributed by atoms with E-state index in [2.05, 4.69) is 15.3 Å². The van der Waals surface area contributed by atoms with Crippen molar-refractivity contribution < 1.29 is 31.5 Å². The van der Waals surface area contributed by atoms with Crippen molar-refractivity contribution in [1.82, 2.24) is 0 Å². The van der Waals surface area contributed by atoms with Crippen LogP contribution < -0.4 is 10.2 Å². The molecular weight excluding hydrogens is 638 g/mol. The minimum atomic E-state index is -4.59. The molecule has 230 valence electrons. The van der Waals surface area contributed by atoms with Gasteiger partial charge in [0.1, 0.15) is 31.3 Å². The summed E-state index contributed by atoms with van der Waals surface area (Å²) in [5, 5.41) is 3.48. The van der Waals surface area contributed by atoms with Gasteiger partial charge < -0.3 is 10.2 Å². The summed E-state index contributed by atoms with van der Waals surface area (Å²) in [4.78, 5) is 32.7. The standard InChI is InChI=1S/C17H11ClF4N2O.C15H10ClFN2O/c18-10-5-6-14-12(7-10)16(11-3-1-2-4-13(11)19)23-8-15(25)24(14)9-17(20,21)22;16-9-5-6-13-11(7-9)15(18-8-14(20)19-13)10-3-1-2-4-12(10)17/h1-7H,8-9H2;1-7H,8H2,(H,19,20). The monoisotopic (exact) mass is 658 g/mol. The fraction of sp³-hybridized carbons (Fsp3) is 0.125. The Morgan fingerprint density at radius 2 is 1.24 bits per heavy atom. The third-order valence-electron chi connectivity index (χ3n) is 6.66. The van der Waals surface area contributed by atoms with Crippen molar-refractivity contribution in [2.75, 3.05) is 29.9 Å². The molecule has 0 aromatic heterocycles. The molecule has 6 nitrogen and oxygen atoms in total. The molecule has 45 heavy (non-hydrogen) atoms. The molecule has 2 heterocycles. The van der Waals surface area contributed by atoms with Crippen LogP contribution in [0.1, 0.15) is 22.3 Å². The first-order valence-corrected chi connectivity index (χ1v) is 14.0. The molecule has 2 aliphatic rings. The second-order valence-electron chi connectivity index (χ2n) is 9.78. The molecule has 2 amide bonds. The Hall–Kier alpha value is -4.61. The number of carbonyl (C=O) groups is 2. The van der Waals surface area contributed by atoms with Crippen molar-refractivity contribution in [3.63, 3.8) is 0 Å². The number of hydrogen-bond donors (Lipinski definition) is 1. The highest BCUT2D eigenvalue weighted by atomic mass is 35.5. The summed E-state index contributed by atoms with van der Waals surface area (Å²) in [7, 11) is 0. The second-order valence-corrected chi connectivity index (χ2v) is 10.7. The number of fused-ring (bicyclic) bond motifs is 2. The van der Waals surface area contributed by atoms with Crippen molar-refractivity contribution in [3.8, 4) is 0 Å². The maximum Gasteiger partial charge on any atom is 0.406 e. The van der Waals surface area contributed by atoms with Crippen molar-refractivity contribution in [2.45, 2.75) is 6.18 Å². The topological polar surface area (TPSA) is 74.1 Å². The lowest BCUT2D eigenvalue weighted by molar-refractivity contribution is -0.131. The van der Waals surface area contributed by atoms with Crippen molar-refractivity contribution >= 4 is 57.8 Å².